The molecule has 1 aromatic carbocycles. The number of carbonyl (C=O) groups excluding carboxylic acids is 3. The molecule has 1 aliphatic heterocycles. The predicted molar refractivity (Wildman–Crippen MR) is 87.3 cm³/mol. The Morgan fingerprint density at radius 2 is 1.77 bits per heavy atom. The van der Waals surface area contributed by atoms with Crippen molar-refractivity contribution in [1.82, 2.24) is 10.6 Å². The number of halogens is 2. The van der Waals surface area contributed by atoms with E-state index in [0.717, 1.165) is 10.9 Å². The van der Waals surface area contributed by atoms with Crippen LogP contribution in [0.15, 0.2) is 26.7 Å². The van der Waals surface area contributed by atoms with E-state index in [0.29, 0.717) is 22.4 Å². The Labute approximate surface area is 143 Å². The van der Waals surface area contributed by atoms with Crippen LogP contribution in [0.5, 0.6) is 5.75 Å². The average Bonchev–Trinajstić information content (AvgIpc) is 2.41. The summed E-state index contributed by atoms with van der Waals surface area (Å²) >= 11 is 6.74. The predicted octanol–water partition coefficient (Wildman–Crippen LogP) is 2.75. The zero-order valence-corrected chi connectivity index (χ0v) is 14.7. The van der Waals surface area contributed by atoms with Gasteiger partial charge < -0.3 is 4.74 Å². The fraction of sp³-hybridized carbons (Fsp3) is 0.214. The molecule has 0 spiro atoms. The van der Waals surface area contributed by atoms with E-state index in [1.165, 1.54) is 6.08 Å². The first kappa shape index (κ1) is 16.7. The Kier molecular flexibility index (Phi) is 5.36. The van der Waals surface area contributed by atoms with Crippen molar-refractivity contribution in [2.75, 3.05) is 6.61 Å². The van der Waals surface area contributed by atoms with Crippen molar-refractivity contribution in [2.24, 2.45) is 0 Å². The summed E-state index contributed by atoms with van der Waals surface area (Å²) in [5, 5.41) is 4.06. The fourth-order valence-corrected chi connectivity index (χ4v) is 3.18. The number of imide groups is 2. The van der Waals surface area contributed by atoms with E-state index in [-0.39, 0.29) is 5.57 Å². The van der Waals surface area contributed by atoms with E-state index < -0.39 is 17.8 Å². The maximum absolute atomic E-state index is 11.8. The summed E-state index contributed by atoms with van der Waals surface area (Å²) in [7, 11) is 0. The van der Waals surface area contributed by atoms with E-state index >= 15 is 0 Å². The lowest BCUT2D eigenvalue weighted by Crippen LogP contribution is -2.51. The highest BCUT2D eigenvalue weighted by Gasteiger charge is 2.28. The molecule has 0 atom stereocenters. The molecular weight excluding hydrogens is 420 g/mol. The van der Waals surface area contributed by atoms with Gasteiger partial charge in [0.15, 0.2) is 0 Å². The van der Waals surface area contributed by atoms with Crippen molar-refractivity contribution < 1.29 is 19.1 Å². The summed E-state index contributed by atoms with van der Waals surface area (Å²) in [5.74, 6) is -0.965. The SMILES string of the molecule is CCCOc1c(Br)cc(Br)cc1C=C1C(=O)NC(=O)NC1=O. The number of urea groups is 1. The van der Waals surface area contributed by atoms with Gasteiger partial charge in [0.1, 0.15) is 11.3 Å². The summed E-state index contributed by atoms with van der Waals surface area (Å²) in [6, 6.07) is 2.70. The van der Waals surface area contributed by atoms with Crippen LogP contribution in [0, 0.1) is 0 Å². The van der Waals surface area contributed by atoms with Crippen LogP contribution in [-0.2, 0) is 9.59 Å². The van der Waals surface area contributed by atoms with Gasteiger partial charge >= 0.3 is 6.03 Å². The summed E-state index contributed by atoms with van der Waals surface area (Å²) in [6.45, 7) is 2.46. The third-order valence-corrected chi connectivity index (χ3v) is 3.78. The van der Waals surface area contributed by atoms with Crippen LogP contribution < -0.4 is 15.4 Å². The molecule has 4 amide bonds. The monoisotopic (exact) mass is 430 g/mol. The quantitative estimate of drug-likeness (QED) is 0.567. The molecule has 1 aromatic rings. The van der Waals surface area contributed by atoms with E-state index in [1.54, 1.807) is 12.1 Å². The van der Waals surface area contributed by atoms with Gasteiger partial charge in [0.2, 0.25) is 0 Å². The van der Waals surface area contributed by atoms with Crippen LogP contribution in [0.4, 0.5) is 4.79 Å². The average molecular weight is 432 g/mol. The molecule has 1 heterocycles. The number of barbiturate groups is 1. The minimum Gasteiger partial charge on any atom is -0.492 e. The molecule has 0 bridgehead atoms. The number of amides is 4. The Morgan fingerprint density at radius 3 is 2.36 bits per heavy atom. The second-order valence-corrected chi connectivity index (χ2v) is 6.22. The molecule has 2 rings (SSSR count). The lowest BCUT2D eigenvalue weighted by Gasteiger charge is -2.16. The smallest absolute Gasteiger partial charge is 0.328 e. The molecule has 1 saturated heterocycles. The highest BCUT2D eigenvalue weighted by molar-refractivity contribution is 9.11. The van der Waals surface area contributed by atoms with E-state index in [9.17, 15) is 14.4 Å². The molecule has 0 aliphatic carbocycles. The van der Waals surface area contributed by atoms with Crippen LogP contribution in [0.1, 0.15) is 18.9 Å². The van der Waals surface area contributed by atoms with Crippen LogP contribution in [0.2, 0.25) is 0 Å². The molecule has 0 saturated carbocycles. The first-order valence-electron chi connectivity index (χ1n) is 6.42. The van der Waals surface area contributed by atoms with Crippen molar-refractivity contribution in [2.45, 2.75) is 13.3 Å². The van der Waals surface area contributed by atoms with Gasteiger partial charge in [0, 0.05) is 10.0 Å². The van der Waals surface area contributed by atoms with Gasteiger partial charge in [-0.2, -0.15) is 0 Å². The van der Waals surface area contributed by atoms with Crippen LogP contribution in [-0.4, -0.2) is 24.5 Å². The Balaban J connectivity index is 2.47. The maximum Gasteiger partial charge on any atom is 0.328 e. The van der Waals surface area contributed by atoms with Crippen LogP contribution >= 0.6 is 31.9 Å². The largest absolute Gasteiger partial charge is 0.492 e. The molecule has 22 heavy (non-hydrogen) atoms. The normalized spacial score (nSPS) is 14.5. The van der Waals surface area contributed by atoms with Gasteiger partial charge in [-0.3, -0.25) is 20.2 Å². The molecule has 0 aromatic heterocycles. The zero-order valence-electron chi connectivity index (χ0n) is 11.5. The molecule has 0 radical (unpaired) electrons. The van der Waals surface area contributed by atoms with Gasteiger partial charge in [-0.25, -0.2) is 4.79 Å². The molecular formula is C14H12Br2N2O4. The van der Waals surface area contributed by atoms with E-state index in [4.69, 9.17) is 4.74 Å². The van der Waals surface area contributed by atoms with Crippen molar-refractivity contribution >= 4 is 55.8 Å². The Morgan fingerprint density at radius 1 is 1.14 bits per heavy atom. The molecule has 0 unspecified atom stereocenters. The van der Waals surface area contributed by atoms with Crippen LogP contribution in [0.3, 0.4) is 0 Å². The minimum absolute atomic E-state index is 0.161. The van der Waals surface area contributed by atoms with Gasteiger partial charge in [-0.1, -0.05) is 22.9 Å². The highest BCUT2D eigenvalue weighted by atomic mass is 79.9. The molecule has 1 aliphatic rings. The summed E-state index contributed by atoms with van der Waals surface area (Å²) in [5.41, 5.74) is 0.385. The second-order valence-electron chi connectivity index (χ2n) is 4.45. The van der Waals surface area contributed by atoms with Crippen LogP contribution in [0.25, 0.3) is 6.08 Å². The second kappa shape index (κ2) is 7.06. The number of carbonyl (C=O) groups is 3. The number of nitrogens with one attached hydrogen (secondary N) is 2. The van der Waals surface area contributed by atoms with E-state index in [2.05, 4.69) is 31.9 Å². The highest BCUT2D eigenvalue weighted by Crippen LogP contribution is 2.34. The zero-order chi connectivity index (χ0) is 16.3. The fourth-order valence-electron chi connectivity index (χ4n) is 1.81. The number of hydrogen-bond donors (Lipinski definition) is 2. The topological polar surface area (TPSA) is 84.5 Å². The number of ether oxygens (including phenoxy) is 1. The van der Waals surface area contributed by atoms with Gasteiger partial charge in [0.25, 0.3) is 11.8 Å². The summed E-state index contributed by atoms with van der Waals surface area (Å²) in [6.07, 6.45) is 2.20. The first-order valence-corrected chi connectivity index (χ1v) is 8.01. The molecule has 116 valence electrons. The molecule has 8 heteroatoms. The van der Waals surface area contributed by atoms with Crippen molar-refractivity contribution in [3.8, 4) is 5.75 Å². The van der Waals surface area contributed by atoms with Gasteiger partial charge in [-0.05, 0) is 40.6 Å². The summed E-state index contributed by atoms with van der Waals surface area (Å²) in [4.78, 5) is 34.6. The van der Waals surface area contributed by atoms with Gasteiger partial charge in [-0.15, -0.1) is 0 Å². The first-order chi connectivity index (χ1) is 10.4. The number of benzene rings is 1. The molecule has 2 N–H and O–H groups in total. The van der Waals surface area contributed by atoms with Crippen molar-refractivity contribution in [1.29, 1.82) is 0 Å². The maximum atomic E-state index is 11.8. The number of rotatable bonds is 4. The third kappa shape index (κ3) is 3.75. The van der Waals surface area contributed by atoms with Crippen molar-refractivity contribution in [3.63, 3.8) is 0 Å². The Bertz CT molecular complexity index is 664. The number of hydrogen-bond acceptors (Lipinski definition) is 4. The third-order valence-electron chi connectivity index (χ3n) is 2.73. The minimum atomic E-state index is -0.829. The lowest BCUT2D eigenvalue weighted by molar-refractivity contribution is -0.123. The standard InChI is InChI=1S/C14H12Br2N2O4/c1-2-3-22-11-7(4-8(15)6-10(11)16)5-9-12(19)17-14(21)18-13(9)20/h4-6H,2-3H2,1H3,(H2,17,18,19,20,21). The summed E-state index contributed by atoms with van der Waals surface area (Å²) < 4.78 is 7.10. The lowest BCUT2D eigenvalue weighted by atomic mass is 10.1. The molecule has 1 fully saturated rings. The van der Waals surface area contributed by atoms with Gasteiger partial charge in [0.05, 0.1) is 11.1 Å². The van der Waals surface area contributed by atoms with Crippen molar-refractivity contribution in [3.05, 3.63) is 32.2 Å². The van der Waals surface area contributed by atoms with E-state index in [1.807, 2.05) is 17.6 Å². The Hall–Kier alpha value is -1.67. The molecule has 6 nitrogen and oxygen atoms in total.